The first-order valence-corrected chi connectivity index (χ1v) is 5.73. The van der Waals surface area contributed by atoms with Gasteiger partial charge in [0.2, 0.25) is 5.95 Å². The van der Waals surface area contributed by atoms with Gasteiger partial charge in [-0.05, 0) is 25.5 Å². The predicted molar refractivity (Wildman–Crippen MR) is 68.9 cm³/mol. The Morgan fingerprint density at radius 2 is 1.94 bits per heavy atom. The van der Waals surface area contributed by atoms with E-state index in [1.165, 1.54) is 0 Å². The second kappa shape index (κ2) is 5.05. The summed E-state index contributed by atoms with van der Waals surface area (Å²) in [5.74, 6) is 0.643. The number of nitrogens with zero attached hydrogens (tertiary/aromatic N) is 4. The van der Waals surface area contributed by atoms with Crippen LogP contribution in [0.5, 0.6) is 0 Å². The predicted octanol–water partition coefficient (Wildman–Crippen LogP) is 1.20. The monoisotopic (exact) mass is 231 g/mol. The average molecular weight is 231 g/mol. The van der Waals surface area contributed by atoms with Crippen molar-refractivity contribution < 1.29 is 0 Å². The fraction of sp³-hybridized carbons (Fsp3) is 0.417. The van der Waals surface area contributed by atoms with Crippen LogP contribution in [-0.2, 0) is 0 Å². The summed E-state index contributed by atoms with van der Waals surface area (Å²) in [6.07, 6.45) is 0.909. The van der Waals surface area contributed by atoms with E-state index >= 15 is 0 Å². The third kappa shape index (κ3) is 2.88. The van der Waals surface area contributed by atoms with E-state index < -0.39 is 0 Å². The van der Waals surface area contributed by atoms with Gasteiger partial charge in [-0.15, -0.1) is 10.2 Å². The zero-order valence-corrected chi connectivity index (χ0v) is 10.2. The number of benzene rings is 1. The summed E-state index contributed by atoms with van der Waals surface area (Å²) in [4.78, 5) is 6.44. The lowest BCUT2D eigenvalue weighted by molar-refractivity contribution is 0.651. The van der Waals surface area contributed by atoms with Crippen molar-refractivity contribution in [2.75, 3.05) is 18.5 Å². The highest BCUT2D eigenvalue weighted by molar-refractivity contribution is 5.74. The van der Waals surface area contributed by atoms with Gasteiger partial charge in [0.25, 0.3) is 0 Å². The zero-order valence-electron chi connectivity index (χ0n) is 10.2. The minimum Gasteiger partial charge on any atom is -0.343 e. The summed E-state index contributed by atoms with van der Waals surface area (Å²) in [6.45, 7) is 2.82. The number of fused-ring (bicyclic) bond motifs is 1. The largest absolute Gasteiger partial charge is 0.343 e. The van der Waals surface area contributed by atoms with E-state index in [2.05, 4.69) is 15.2 Å². The van der Waals surface area contributed by atoms with Crippen molar-refractivity contribution in [1.82, 2.24) is 15.2 Å². The van der Waals surface area contributed by atoms with Crippen LogP contribution < -0.4 is 10.6 Å². The summed E-state index contributed by atoms with van der Waals surface area (Å²) in [5.41, 5.74) is 7.41. The molecular weight excluding hydrogens is 214 g/mol. The molecule has 0 saturated heterocycles. The Bertz CT molecular complexity index is 497. The number of nitrogens with two attached hydrogens (primary N) is 1. The van der Waals surface area contributed by atoms with Crippen LogP contribution in [0, 0.1) is 0 Å². The Hall–Kier alpha value is -1.75. The molecule has 5 heteroatoms. The van der Waals surface area contributed by atoms with Gasteiger partial charge in [-0.3, -0.25) is 0 Å². The Balaban J connectivity index is 2.18. The fourth-order valence-electron chi connectivity index (χ4n) is 1.53. The minimum absolute atomic E-state index is 0.186. The number of anilines is 1. The lowest BCUT2D eigenvalue weighted by Crippen LogP contribution is -2.27. The van der Waals surface area contributed by atoms with Crippen LogP contribution in [-0.4, -0.2) is 34.8 Å². The van der Waals surface area contributed by atoms with Crippen LogP contribution in [0.3, 0.4) is 0 Å². The molecule has 0 aliphatic heterocycles. The van der Waals surface area contributed by atoms with Crippen molar-refractivity contribution in [2.24, 2.45) is 5.73 Å². The van der Waals surface area contributed by atoms with Crippen LogP contribution in [0.4, 0.5) is 5.95 Å². The maximum atomic E-state index is 5.73. The highest BCUT2D eigenvalue weighted by atomic mass is 15.3. The molecule has 0 aliphatic rings. The first-order valence-electron chi connectivity index (χ1n) is 5.73. The molecule has 0 spiro atoms. The quantitative estimate of drug-likeness (QED) is 0.856. The summed E-state index contributed by atoms with van der Waals surface area (Å²) < 4.78 is 0. The smallest absolute Gasteiger partial charge is 0.245 e. The van der Waals surface area contributed by atoms with Gasteiger partial charge in [-0.1, -0.05) is 12.1 Å². The second-order valence-corrected chi connectivity index (χ2v) is 4.29. The molecular formula is C12H17N5. The molecule has 0 fully saturated rings. The van der Waals surface area contributed by atoms with Crippen molar-refractivity contribution in [3.8, 4) is 0 Å². The Morgan fingerprint density at radius 1 is 1.24 bits per heavy atom. The Morgan fingerprint density at radius 3 is 2.65 bits per heavy atom. The van der Waals surface area contributed by atoms with Crippen LogP contribution >= 0.6 is 0 Å². The van der Waals surface area contributed by atoms with Gasteiger partial charge in [0, 0.05) is 19.6 Å². The molecule has 17 heavy (non-hydrogen) atoms. The first-order chi connectivity index (χ1) is 8.16. The van der Waals surface area contributed by atoms with E-state index in [4.69, 9.17) is 5.73 Å². The van der Waals surface area contributed by atoms with Gasteiger partial charge >= 0.3 is 0 Å². The van der Waals surface area contributed by atoms with Crippen molar-refractivity contribution in [1.29, 1.82) is 0 Å². The molecule has 0 radical (unpaired) electrons. The molecule has 2 aromatic rings. The molecule has 90 valence electrons. The summed E-state index contributed by atoms with van der Waals surface area (Å²) in [6, 6.07) is 7.90. The minimum atomic E-state index is 0.186. The first kappa shape index (κ1) is 11.7. The van der Waals surface area contributed by atoms with Gasteiger partial charge < -0.3 is 10.6 Å². The second-order valence-electron chi connectivity index (χ2n) is 4.29. The molecule has 2 rings (SSSR count). The Labute approximate surface area is 101 Å². The molecule has 1 aromatic heterocycles. The van der Waals surface area contributed by atoms with Gasteiger partial charge in [-0.2, -0.15) is 0 Å². The van der Waals surface area contributed by atoms with E-state index in [1.54, 1.807) is 0 Å². The van der Waals surface area contributed by atoms with Gasteiger partial charge in [0.1, 0.15) is 5.52 Å². The SMILES string of the molecule is CC(N)CCN(C)c1nnc2ccccc2n1. The van der Waals surface area contributed by atoms with E-state index in [0.717, 1.165) is 24.0 Å². The topological polar surface area (TPSA) is 67.9 Å². The van der Waals surface area contributed by atoms with Gasteiger partial charge in [0.15, 0.2) is 0 Å². The van der Waals surface area contributed by atoms with Crippen LogP contribution in [0.25, 0.3) is 11.0 Å². The summed E-state index contributed by atoms with van der Waals surface area (Å²) in [5, 5.41) is 8.25. The maximum Gasteiger partial charge on any atom is 0.245 e. The third-order valence-corrected chi connectivity index (χ3v) is 2.61. The zero-order chi connectivity index (χ0) is 12.3. The highest BCUT2D eigenvalue weighted by Crippen LogP contribution is 2.11. The lowest BCUT2D eigenvalue weighted by Gasteiger charge is -2.17. The number of aromatic nitrogens is 3. The number of hydrogen-bond donors (Lipinski definition) is 1. The fourth-order valence-corrected chi connectivity index (χ4v) is 1.53. The van der Waals surface area contributed by atoms with E-state index in [-0.39, 0.29) is 6.04 Å². The molecule has 1 aromatic carbocycles. The van der Waals surface area contributed by atoms with Crippen molar-refractivity contribution >= 4 is 17.0 Å². The number of hydrogen-bond acceptors (Lipinski definition) is 5. The molecule has 1 atom stereocenters. The Kier molecular flexibility index (Phi) is 3.49. The van der Waals surface area contributed by atoms with Gasteiger partial charge in [-0.25, -0.2) is 4.98 Å². The highest BCUT2D eigenvalue weighted by Gasteiger charge is 2.07. The van der Waals surface area contributed by atoms with Gasteiger partial charge in [0.05, 0.1) is 5.52 Å². The molecule has 0 aliphatic carbocycles. The maximum absolute atomic E-state index is 5.73. The summed E-state index contributed by atoms with van der Waals surface area (Å²) in [7, 11) is 1.95. The van der Waals surface area contributed by atoms with Crippen LogP contribution in [0.15, 0.2) is 24.3 Å². The molecule has 5 nitrogen and oxygen atoms in total. The van der Waals surface area contributed by atoms with E-state index in [9.17, 15) is 0 Å². The molecule has 2 N–H and O–H groups in total. The molecule has 0 saturated carbocycles. The lowest BCUT2D eigenvalue weighted by atomic mass is 10.2. The average Bonchev–Trinajstić information content (AvgIpc) is 2.35. The van der Waals surface area contributed by atoms with Crippen LogP contribution in [0.2, 0.25) is 0 Å². The number of rotatable bonds is 4. The van der Waals surface area contributed by atoms with Crippen LogP contribution in [0.1, 0.15) is 13.3 Å². The normalized spacial score (nSPS) is 12.6. The van der Waals surface area contributed by atoms with Crippen molar-refractivity contribution in [3.05, 3.63) is 24.3 Å². The van der Waals surface area contributed by atoms with Crippen molar-refractivity contribution in [2.45, 2.75) is 19.4 Å². The summed E-state index contributed by atoms with van der Waals surface area (Å²) >= 11 is 0. The molecule has 0 bridgehead atoms. The number of para-hydroxylation sites is 1. The molecule has 1 unspecified atom stereocenters. The van der Waals surface area contributed by atoms with Crippen molar-refractivity contribution in [3.63, 3.8) is 0 Å². The molecule has 0 amide bonds. The standard InChI is InChI=1S/C12H17N5/c1-9(13)7-8-17(2)12-14-10-5-3-4-6-11(10)15-16-12/h3-6,9H,7-8,13H2,1-2H3. The van der Waals surface area contributed by atoms with E-state index in [0.29, 0.717) is 5.95 Å². The van der Waals surface area contributed by atoms with E-state index in [1.807, 2.05) is 43.1 Å². The third-order valence-electron chi connectivity index (χ3n) is 2.61. The molecule has 1 heterocycles.